The van der Waals surface area contributed by atoms with Crippen molar-refractivity contribution in [3.8, 4) is 0 Å². The van der Waals surface area contributed by atoms with Gasteiger partial charge in [0.1, 0.15) is 11.6 Å². The van der Waals surface area contributed by atoms with Crippen molar-refractivity contribution < 1.29 is 18.3 Å². The Bertz CT molecular complexity index is 681. The van der Waals surface area contributed by atoms with Crippen LogP contribution in [0.2, 0.25) is 0 Å². The number of hydrogen-bond donors (Lipinski definition) is 1. The van der Waals surface area contributed by atoms with Gasteiger partial charge < -0.3 is 14.8 Å². The van der Waals surface area contributed by atoms with Gasteiger partial charge in [0, 0.05) is 31.2 Å². The molecule has 5 heteroatoms. The quantitative estimate of drug-likeness (QED) is 0.585. The predicted octanol–water partition coefficient (Wildman–Crippen LogP) is 4.51. The van der Waals surface area contributed by atoms with E-state index in [0.717, 1.165) is 6.54 Å². The van der Waals surface area contributed by atoms with E-state index in [1.165, 1.54) is 34.9 Å². The second-order valence-electron chi connectivity index (χ2n) is 6.62. The molecule has 0 aromatic heterocycles. The van der Waals surface area contributed by atoms with Gasteiger partial charge in [-0.25, -0.2) is 8.78 Å². The van der Waals surface area contributed by atoms with E-state index in [-0.39, 0.29) is 18.1 Å². The molecule has 0 saturated heterocycles. The molecule has 0 fully saturated rings. The maximum atomic E-state index is 13.8. The molecule has 2 aromatic carbocycles. The predicted molar refractivity (Wildman–Crippen MR) is 104 cm³/mol. The third kappa shape index (κ3) is 6.38. The molecule has 0 heterocycles. The van der Waals surface area contributed by atoms with Crippen LogP contribution in [0.15, 0.2) is 36.4 Å². The molecule has 0 bridgehead atoms. The summed E-state index contributed by atoms with van der Waals surface area (Å²) in [6.45, 7) is 9.21. The molecule has 1 atom stereocenters. The lowest BCUT2D eigenvalue weighted by Gasteiger charge is -2.22. The molecule has 27 heavy (non-hydrogen) atoms. The van der Waals surface area contributed by atoms with Crippen molar-refractivity contribution in [3.05, 3.63) is 70.3 Å². The molecule has 0 saturated carbocycles. The van der Waals surface area contributed by atoms with E-state index >= 15 is 0 Å². The zero-order valence-corrected chi connectivity index (χ0v) is 16.4. The van der Waals surface area contributed by atoms with Gasteiger partial charge in [-0.05, 0) is 49.6 Å². The van der Waals surface area contributed by atoms with E-state index in [4.69, 9.17) is 9.47 Å². The van der Waals surface area contributed by atoms with Gasteiger partial charge in [0.05, 0.1) is 19.8 Å². The van der Waals surface area contributed by atoms with Gasteiger partial charge in [-0.2, -0.15) is 0 Å². The second kappa shape index (κ2) is 11.1. The van der Waals surface area contributed by atoms with Crippen molar-refractivity contribution in [2.45, 2.75) is 33.3 Å². The highest BCUT2D eigenvalue weighted by Crippen LogP contribution is 2.24. The fraction of sp³-hybridized carbons (Fsp3) is 0.455. The molecule has 3 nitrogen and oxygen atoms in total. The second-order valence-corrected chi connectivity index (χ2v) is 6.62. The maximum Gasteiger partial charge on any atom is 0.131 e. The SMILES string of the molecule is CCOCCNCC(COCc1c(F)cccc1F)c1c(C)cccc1C. The summed E-state index contributed by atoms with van der Waals surface area (Å²) in [5.74, 6) is -1.07. The van der Waals surface area contributed by atoms with Crippen molar-refractivity contribution >= 4 is 0 Å². The van der Waals surface area contributed by atoms with Crippen molar-refractivity contribution in [1.29, 1.82) is 0 Å². The van der Waals surface area contributed by atoms with Crippen LogP contribution >= 0.6 is 0 Å². The summed E-state index contributed by atoms with van der Waals surface area (Å²) >= 11 is 0. The molecule has 0 amide bonds. The van der Waals surface area contributed by atoms with E-state index < -0.39 is 11.6 Å². The highest BCUT2D eigenvalue weighted by atomic mass is 19.1. The number of aryl methyl sites for hydroxylation is 2. The lowest BCUT2D eigenvalue weighted by Crippen LogP contribution is -2.28. The Morgan fingerprint density at radius 3 is 2.22 bits per heavy atom. The van der Waals surface area contributed by atoms with Gasteiger partial charge in [-0.1, -0.05) is 24.3 Å². The number of hydrogen-bond acceptors (Lipinski definition) is 3. The minimum absolute atomic E-state index is 0.0259. The van der Waals surface area contributed by atoms with Gasteiger partial charge in [0.25, 0.3) is 0 Å². The summed E-state index contributed by atoms with van der Waals surface area (Å²) in [6, 6.07) is 10.0. The zero-order chi connectivity index (χ0) is 19.6. The van der Waals surface area contributed by atoms with Crippen molar-refractivity contribution in [2.75, 3.05) is 32.9 Å². The Balaban J connectivity index is 2.03. The summed E-state index contributed by atoms with van der Waals surface area (Å²) in [6.07, 6.45) is 0. The van der Waals surface area contributed by atoms with Gasteiger partial charge in [0.15, 0.2) is 0 Å². The summed E-state index contributed by atoms with van der Waals surface area (Å²) in [5.41, 5.74) is 3.57. The normalized spacial score (nSPS) is 12.3. The van der Waals surface area contributed by atoms with Gasteiger partial charge in [-0.3, -0.25) is 0 Å². The smallest absolute Gasteiger partial charge is 0.131 e. The highest BCUT2D eigenvalue weighted by molar-refractivity contribution is 5.37. The lowest BCUT2D eigenvalue weighted by molar-refractivity contribution is 0.0999. The molecular formula is C22H29F2NO2. The minimum Gasteiger partial charge on any atom is -0.380 e. The van der Waals surface area contributed by atoms with Crippen LogP contribution < -0.4 is 5.32 Å². The Hall–Kier alpha value is -1.82. The number of rotatable bonds is 11. The molecule has 0 spiro atoms. The van der Waals surface area contributed by atoms with Crippen LogP contribution in [0.3, 0.4) is 0 Å². The summed E-state index contributed by atoms with van der Waals surface area (Å²) in [7, 11) is 0. The lowest BCUT2D eigenvalue weighted by atomic mass is 9.91. The molecule has 148 valence electrons. The monoisotopic (exact) mass is 377 g/mol. The van der Waals surface area contributed by atoms with Gasteiger partial charge in [-0.15, -0.1) is 0 Å². The number of benzene rings is 2. The van der Waals surface area contributed by atoms with Crippen LogP contribution in [0, 0.1) is 25.5 Å². The number of ether oxygens (including phenoxy) is 2. The van der Waals surface area contributed by atoms with Crippen LogP contribution in [0.25, 0.3) is 0 Å². The molecule has 1 unspecified atom stereocenters. The first-order chi connectivity index (χ1) is 13.0. The van der Waals surface area contributed by atoms with Crippen molar-refractivity contribution in [1.82, 2.24) is 5.32 Å². The zero-order valence-electron chi connectivity index (χ0n) is 16.4. The molecule has 0 aliphatic carbocycles. The number of nitrogens with one attached hydrogen (secondary N) is 1. The molecule has 2 rings (SSSR count). The molecule has 2 aromatic rings. The summed E-state index contributed by atoms with van der Waals surface area (Å²) in [4.78, 5) is 0. The average molecular weight is 377 g/mol. The van der Waals surface area contributed by atoms with E-state index in [9.17, 15) is 8.78 Å². The van der Waals surface area contributed by atoms with Crippen molar-refractivity contribution in [3.63, 3.8) is 0 Å². The third-order valence-electron chi connectivity index (χ3n) is 4.60. The standard InChI is InChI=1S/C22H29F2NO2/c1-4-26-12-11-25-13-18(22-16(2)7-5-8-17(22)3)14-27-15-19-20(23)9-6-10-21(19)24/h5-10,18,25H,4,11-15H2,1-3H3. The molecule has 1 N–H and O–H groups in total. The third-order valence-corrected chi connectivity index (χ3v) is 4.60. The van der Waals surface area contributed by atoms with Crippen LogP contribution in [0.5, 0.6) is 0 Å². The Morgan fingerprint density at radius 2 is 1.59 bits per heavy atom. The largest absolute Gasteiger partial charge is 0.380 e. The summed E-state index contributed by atoms with van der Waals surface area (Å²) in [5, 5.41) is 3.39. The first kappa shape index (κ1) is 21.5. The van der Waals surface area contributed by atoms with Crippen LogP contribution in [-0.2, 0) is 16.1 Å². The van der Waals surface area contributed by atoms with Gasteiger partial charge >= 0.3 is 0 Å². The number of halogens is 2. The molecule has 0 aliphatic heterocycles. The van der Waals surface area contributed by atoms with Crippen LogP contribution in [-0.4, -0.2) is 32.9 Å². The maximum absolute atomic E-state index is 13.8. The molecule has 0 aliphatic rings. The Kier molecular flexibility index (Phi) is 8.85. The molecular weight excluding hydrogens is 348 g/mol. The van der Waals surface area contributed by atoms with Crippen molar-refractivity contribution in [2.24, 2.45) is 0 Å². The van der Waals surface area contributed by atoms with Crippen LogP contribution in [0.4, 0.5) is 8.78 Å². The fourth-order valence-corrected chi connectivity index (χ4v) is 3.25. The van der Waals surface area contributed by atoms with E-state index in [0.29, 0.717) is 26.4 Å². The minimum atomic E-state index is -0.575. The van der Waals surface area contributed by atoms with Gasteiger partial charge in [0.2, 0.25) is 0 Å². The highest BCUT2D eigenvalue weighted by Gasteiger charge is 2.17. The summed E-state index contributed by atoms with van der Waals surface area (Å²) < 4.78 is 38.7. The fourth-order valence-electron chi connectivity index (χ4n) is 3.25. The van der Waals surface area contributed by atoms with E-state index in [1.54, 1.807) is 0 Å². The first-order valence-corrected chi connectivity index (χ1v) is 9.39. The topological polar surface area (TPSA) is 30.5 Å². The van der Waals surface area contributed by atoms with E-state index in [2.05, 4.69) is 31.3 Å². The Labute approximate surface area is 160 Å². The first-order valence-electron chi connectivity index (χ1n) is 9.39. The van der Waals surface area contributed by atoms with E-state index in [1.807, 2.05) is 13.0 Å². The average Bonchev–Trinajstić information content (AvgIpc) is 2.63. The Morgan fingerprint density at radius 1 is 0.963 bits per heavy atom. The van der Waals surface area contributed by atoms with Crippen LogP contribution in [0.1, 0.15) is 35.1 Å². The molecule has 0 radical (unpaired) electrons.